The number of hydrogen-bond acceptors (Lipinski definition) is 4. The number of pyridine rings is 1. The lowest BCUT2D eigenvalue weighted by atomic mass is 10.1. The van der Waals surface area contributed by atoms with Crippen molar-refractivity contribution in [2.24, 2.45) is 0 Å². The van der Waals surface area contributed by atoms with Crippen LogP contribution in [0.3, 0.4) is 0 Å². The molecule has 0 saturated carbocycles. The smallest absolute Gasteiger partial charge is 0.254 e. The highest BCUT2D eigenvalue weighted by Gasteiger charge is 2.19. The summed E-state index contributed by atoms with van der Waals surface area (Å²) < 4.78 is 7.29. The SMILES string of the molecule is COc1ccc(Cn2ccnc2CN(Cc2ccncc2)C(=O)c2ccc(Cl)cc2)cc1. The molecule has 4 aromatic rings. The topological polar surface area (TPSA) is 60.2 Å². The molecule has 0 atom stereocenters. The van der Waals surface area contributed by atoms with Gasteiger partial charge in [0, 0.05) is 48.5 Å². The summed E-state index contributed by atoms with van der Waals surface area (Å²) in [5.41, 5.74) is 2.70. The Bertz CT molecular complexity index is 1160. The van der Waals surface area contributed by atoms with Crippen molar-refractivity contribution >= 4 is 17.5 Å². The maximum Gasteiger partial charge on any atom is 0.254 e. The van der Waals surface area contributed by atoms with E-state index in [0.29, 0.717) is 30.2 Å². The lowest BCUT2D eigenvalue weighted by molar-refractivity contribution is 0.0723. The van der Waals surface area contributed by atoms with Gasteiger partial charge in [-0.3, -0.25) is 9.78 Å². The summed E-state index contributed by atoms with van der Waals surface area (Å²) in [6.07, 6.45) is 7.14. The first-order valence-electron chi connectivity index (χ1n) is 10.2. The van der Waals surface area contributed by atoms with E-state index in [1.54, 1.807) is 54.9 Å². The molecule has 2 aromatic heterocycles. The maximum atomic E-state index is 13.3. The molecule has 0 saturated heterocycles. The molecule has 0 aliphatic carbocycles. The summed E-state index contributed by atoms with van der Waals surface area (Å²) in [5, 5.41) is 0.595. The van der Waals surface area contributed by atoms with E-state index < -0.39 is 0 Å². The number of carbonyl (C=O) groups excluding carboxylic acids is 1. The van der Waals surface area contributed by atoms with Gasteiger partial charge in [0.2, 0.25) is 0 Å². The van der Waals surface area contributed by atoms with Gasteiger partial charge >= 0.3 is 0 Å². The summed E-state index contributed by atoms with van der Waals surface area (Å²) in [6, 6.07) is 18.7. The van der Waals surface area contributed by atoms with Crippen molar-refractivity contribution in [3.8, 4) is 5.75 Å². The minimum absolute atomic E-state index is 0.0857. The predicted molar refractivity (Wildman–Crippen MR) is 124 cm³/mol. The third kappa shape index (κ3) is 5.34. The minimum atomic E-state index is -0.0857. The number of imidazole rings is 1. The Hall–Kier alpha value is -3.64. The molecule has 0 spiro atoms. The van der Waals surface area contributed by atoms with Crippen LogP contribution in [0.2, 0.25) is 5.02 Å². The van der Waals surface area contributed by atoms with E-state index in [4.69, 9.17) is 16.3 Å². The standard InChI is InChI=1S/C25H23ClN4O2/c1-32-23-8-2-19(3-9-23)16-29-15-14-28-24(29)18-30(17-20-10-12-27-13-11-20)25(31)21-4-6-22(26)7-5-21/h2-15H,16-18H2,1H3. The number of ether oxygens (including phenoxy) is 1. The van der Waals surface area contributed by atoms with E-state index in [2.05, 4.69) is 14.5 Å². The van der Waals surface area contributed by atoms with E-state index in [1.807, 2.05) is 42.6 Å². The highest BCUT2D eigenvalue weighted by molar-refractivity contribution is 6.30. The van der Waals surface area contributed by atoms with E-state index in [9.17, 15) is 4.79 Å². The molecule has 1 amide bonds. The van der Waals surface area contributed by atoms with Gasteiger partial charge in [0.1, 0.15) is 11.6 Å². The van der Waals surface area contributed by atoms with E-state index >= 15 is 0 Å². The Morgan fingerprint density at radius 3 is 2.34 bits per heavy atom. The number of rotatable bonds is 8. The Balaban J connectivity index is 1.57. The predicted octanol–water partition coefficient (Wildman–Crippen LogP) is 4.83. The van der Waals surface area contributed by atoms with Gasteiger partial charge < -0.3 is 14.2 Å². The fraction of sp³-hybridized carbons (Fsp3) is 0.160. The van der Waals surface area contributed by atoms with Crippen molar-refractivity contribution in [3.05, 3.63) is 113 Å². The van der Waals surface area contributed by atoms with Gasteiger partial charge in [0.05, 0.1) is 13.7 Å². The fourth-order valence-electron chi connectivity index (χ4n) is 3.42. The highest BCUT2D eigenvalue weighted by Crippen LogP contribution is 2.17. The van der Waals surface area contributed by atoms with Crippen molar-refractivity contribution < 1.29 is 9.53 Å². The molecule has 7 heteroatoms. The zero-order valence-electron chi connectivity index (χ0n) is 17.7. The van der Waals surface area contributed by atoms with E-state index in [0.717, 1.165) is 22.7 Å². The zero-order chi connectivity index (χ0) is 22.3. The highest BCUT2D eigenvalue weighted by atomic mass is 35.5. The van der Waals surface area contributed by atoms with Crippen LogP contribution in [0.25, 0.3) is 0 Å². The van der Waals surface area contributed by atoms with Crippen LogP contribution in [-0.4, -0.2) is 32.5 Å². The van der Waals surface area contributed by atoms with Crippen LogP contribution in [0.4, 0.5) is 0 Å². The van der Waals surface area contributed by atoms with Crippen molar-refractivity contribution in [1.82, 2.24) is 19.4 Å². The summed E-state index contributed by atoms with van der Waals surface area (Å²) >= 11 is 6.00. The number of halogens is 1. The Labute approximate surface area is 192 Å². The summed E-state index contributed by atoms with van der Waals surface area (Å²) in [7, 11) is 1.65. The van der Waals surface area contributed by atoms with E-state index in [-0.39, 0.29) is 5.91 Å². The number of amides is 1. The number of carbonyl (C=O) groups is 1. The Morgan fingerprint density at radius 1 is 0.938 bits per heavy atom. The van der Waals surface area contributed by atoms with Gasteiger partial charge in [-0.15, -0.1) is 0 Å². The van der Waals surface area contributed by atoms with Gasteiger partial charge in [0.25, 0.3) is 5.91 Å². The molecule has 0 aliphatic rings. The van der Waals surface area contributed by atoms with Crippen LogP contribution < -0.4 is 4.74 Å². The lowest BCUT2D eigenvalue weighted by Crippen LogP contribution is -2.31. The second kappa shape index (κ2) is 10.1. The molecule has 0 N–H and O–H groups in total. The van der Waals surface area contributed by atoms with Crippen molar-refractivity contribution in [2.45, 2.75) is 19.6 Å². The first-order valence-corrected chi connectivity index (χ1v) is 10.6. The second-order valence-electron chi connectivity index (χ2n) is 7.34. The van der Waals surface area contributed by atoms with Crippen LogP contribution in [-0.2, 0) is 19.6 Å². The summed E-state index contributed by atoms with van der Waals surface area (Å²) in [5.74, 6) is 1.53. The monoisotopic (exact) mass is 446 g/mol. The number of nitrogens with zero attached hydrogens (tertiary/aromatic N) is 4. The average molecular weight is 447 g/mol. The number of aromatic nitrogens is 3. The molecule has 0 radical (unpaired) electrons. The first-order chi connectivity index (χ1) is 15.6. The second-order valence-corrected chi connectivity index (χ2v) is 7.78. The number of hydrogen-bond donors (Lipinski definition) is 0. The van der Waals surface area contributed by atoms with Gasteiger partial charge in [-0.25, -0.2) is 4.98 Å². The molecule has 0 unspecified atom stereocenters. The third-order valence-electron chi connectivity index (χ3n) is 5.15. The largest absolute Gasteiger partial charge is 0.497 e. The van der Waals surface area contributed by atoms with E-state index in [1.165, 1.54) is 0 Å². The molecule has 6 nitrogen and oxygen atoms in total. The molecular weight excluding hydrogens is 424 g/mol. The molecule has 0 aliphatic heterocycles. The van der Waals surface area contributed by atoms with Crippen LogP contribution in [0, 0.1) is 0 Å². The molecule has 4 rings (SSSR count). The molecular formula is C25H23ClN4O2. The quantitative estimate of drug-likeness (QED) is 0.389. The molecule has 0 fully saturated rings. The Kier molecular flexibility index (Phi) is 6.82. The molecule has 2 aromatic carbocycles. The summed E-state index contributed by atoms with van der Waals surface area (Å²) in [6.45, 7) is 1.46. The maximum absolute atomic E-state index is 13.3. The molecule has 162 valence electrons. The van der Waals surface area contributed by atoms with Gasteiger partial charge in [-0.2, -0.15) is 0 Å². The normalized spacial score (nSPS) is 10.7. The van der Waals surface area contributed by atoms with Crippen LogP contribution in [0.5, 0.6) is 5.75 Å². The minimum Gasteiger partial charge on any atom is -0.497 e. The van der Waals surface area contributed by atoms with Crippen LogP contribution >= 0.6 is 11.6 Å². The van der Waals surface area contributed by atoms with Crippen molar-refractivity contribution in [3.63, 3.8) is 0 Å². The van der Waals surface area contributed by atoms with Crippen molar-refractivity contribution in [1.29, 1.82) is 0 Å². The number of methoxy groups -OCH3 is 1. The van der Waals surface area contributed by atoms with Crippen LogP contribution in [0.1, 0.15) is 27.3 Å². The fourth-order valence-corrected chi connectivity index (χ4v) is 3.54. The van der Waals surface area contributed by atoms with Gasteiger partial charge in [0.15, 0.2) is 0 Å². The van der Waals surface area contributed by atoms with Gasteiger partial charge in [-0.1, -0.05) is 23.7 Å². The Morgan fingerprint density at radius 2 is 1.66 bits per heavy atom. The zero-order valence-corrected chi connectivity index (χ0v) is 18.4. The average Bonchev–Trinajstić information content (AvgIpc) is 3.26. The molecule has 32 heavy (non-hydrogen) atoms. The lowest BCUT2D eigenvalue weighted by Gasteiger charge is -2.23. The number of benzene rings is 2. The molecule has 0 bridgehead atoms. The van der Waals surface area contributed by atoms with Crippen molar-refractivity contribution in [2.75, 3.05) is 7.11 Å². The first kappa shape index (κ1) is 21.6. The van der Waals surface area contributed by atoms with Crippen LogP contribution in [0.15, 0.2) is 85.5 Å². The summed E-state index contributed by atoms with van der Waals surface area (Å²) in [4.78, 5) is 23.7. The third-order valence-corrected chi connectivity index (χ3v) is 5.40. The van der Waals surface area contributed by atoms with Gasteiger partial charge in [-0.05, 0) is 59.7 Å². The molecule has 2 heterocycles.